The van der Waals surface area contributed by atoms with E-state index in [9.17, 15) is 4.79 Å². The molecule has 1 saturated heterocycles. The molecule has 0 radical (unpaired) electrons. The number of aryl methyl sites for hydroxylation is 1. The molecule has 0 saturated carbocycles. The monoisotopic (exact) mass is 457 g/mol. The van der Waals surface area contributed by atoms with Crippen molar-refractivity contribution in [3.63, 3.8) is 0 Å². The minimum Gasteiger partial charge on any atom is -0.495 e. The minimum absolute atomic E-state index is 0.0823. The van der Waals surface area contributed by atoms with Crippen LogP contribution in [0.15, 0.2) is 60.8 Å². The van der Waals surface area contributed by atoms with Gasteiger partial charge in [0.15, 0.2) is 5.82 Å². The summed E-state index contributed by atoms with van der Waals surface area (Å²) in [6.07, 6.45) is 3.40. The molecule has 34 heavy (non-hydrogen) atoms. The number of piperidine rings is 1. The molecule has 2 aromatic carbocycles. The van der Waals surface area contributed by atoms with Gasteiger partial charge in [0.05, 0.1) is 18.5 Å². The first-order chi connectivity index (χ1) is 16.6. The molecular formula is C25H27N7O2. The van der Waals surface area contributed by atoms with Gasteiger partial charge < -0.3 is 20.3 Å². The minimum atomic E-state index is -0.228. The highest BCUT2D eigenvalue weighted by molar-refractivity contribution is 5.99. The summed E-state index contributed by atoms with van der Waals surface area (Å²) in [7, 11) is 3.49. The molecule has 2 aromatic heterocycles. The normalized spacial score (nSPS) is 14.2. The number of para-hydroxylation sites is 2. The van der Waals surface area contributed by atoms with Gasteiger partial charge in [-0.15, -0.1) is 10.2 Å². The fourth-order valence-corrected chi connectivity index (χ4v) is 4.45. The van der Waals surface area contributed by atoms with E-state index in [1.165, 1.54) is 0 Å². The van der Waals surface area contributed by atoms with Crippen LogP contribution in [0.25, 0.3) is 22.2 Å². The third-order valence-corrected chi connectivity index (χ3v) is 6.22. The maximum absolute atomic E-state index is 12.5. The number of carbonyl (C=O) groups is 1. The summed E-state index contributed by atoms with van der Waals surface area (Å²) < 4.78 is 7.11. The van der Waals surface area contributed by atoms with Crippen LogP contribution in [-0.4, -0.2) is 52.3 Å². The first kappa shape index (κ1) is 21.7. The van der Waals surface area contributed by atoms with Crippen molar-refractivity contribution in [3.8, 4) is 17.1 Å². The van der Waals surface area contributed by atoms with Crippen LogP contribution < -0.4 is 20.3 Å². The van der Waals surface area contributed by atoms with E-state index in [2.05, 4.69) is 43.0 Å². The molecule has 0 unspecified atom stereocenters. The number of nitrogens with zero attached hydrogens (tertiary/aromatic N) is 5. The predicted molar refractivity (Wildman–Crippen MR) is 132 cm³/mol. The number of amides is 2. The summed E-state index contributed by atoms with van der Waals surface area (Å²) in [4.78, 5) is 14.8. The summed E-state index contributed by atoms with van der Waals surface area (Å²) in [6.45, 7) is 1.56. The molecule has 3 heterocycles. The molecule has 5 rings (SSSR count). The van der Waals surface area contributed by atoms with Gasteiger partial charge in [0, 0.05) is 43.1 Å². The zero-order valence-corrected chi connectivity index (χ0v) is 19.2. The van der Waals surface area contributed by atoms with Crippen molar-refractivity contribution in [2.75, 3.05) is 30.4 Å². The number of ether oxygens (including phenoxy) is 1. The summed E-state index contributed by atoms with van der Waals surface area (Å²) in [6, 6.07) is 17.4. The number of carbonyl (C=O) groups excluding carboxylic acids is 1. The van der Waals surface area contributed by atoms with Gasteiger partial charge in [-0.1, -0.05) is 36.4 Å². The first-order valence-corrected chi connectivity index (χ1v) is 11.3. The lowest BCUT2D eigenvalue weighted by atomic mass is 10.0. The number of anilines is 2. The molecule has 0 atom stereocenters. The second-order valence-electron chi connectivity index (χ2n) is 8.32. The number of urea groups is 1. The number of methoxy groups -OCH3 is 1. The molecular weight excluding hydrogens is 430 g/mol. The van der Waals surface area contributed by atoms with E-state index < -0.39 is 0 Å². The van der Waals surface area contributed by atoms with Crippen molar-refractivity contribution in [2.45, 2.75) is 18.9 Å². The van der Waals surface area contributed by atoms with Crippen molar-refractivity contribution in [1.29, 1.82) is 0 Å². The number of benzene rings is 2. The summed E-state index contributed by atoms with van der Waals surface area (Å²) >= 11 is 0. The van der Waals surface area contributed by atoms with Gasteiger partial charge in [-0.3, -0.25) is 4.68 Å². The van der Waals surface area contributed by atoms with Crippen molar-refractivity contribution < 1.29 is 9.53 Å². The Kier molecular flexibility index (Phi) is 5.99. The van der Waals surface area contributed by atoms with Crippen molar-refractivity contribution in [2.24, 2.45) is 7.05 Å². The molecule has 2 N–H and O–H groups in total. The Hall–Kier alpha value is -4.14. The highest BCUT2D eigenvalue weighted by Crippen LogP contribution is 2.32. The molecule has 1 aliphatic rings. The van der Waals surface area contributed by atoms with E-state index >= 15 is 0 Å². The Morgan fingerprint density at radius 3 is 2.47 bits per heavy atom. The van der Waals surface area contributed by atoms with Gasteiger partial charge in [0.25, 0.3) is 0 Å². The first-order valence-electron chi connectivity index (χ1n) is 11.3. The Morgan fingerprint density at radius 1 is 1.00 bits per heavy atom. The van der Waals surface area contributed by atoms with Crippen molar-refractivity contribution in [1.82, 2.24) is 25.3 Å². The molecule has 9 heteroatoms. The molecule has 174 valence electrons. The van der Waals surface area contributed by atoms with Gasteiger partial charge in [-0.2, -0.15) is 5.10 Å². The van der Waals surface area contributed by atoms with Crippen LogP contribution in [0, 0.1) is 0 Å². The van der Waals surface area contributed by atoms with Crippen LogP contribution in [0.1, 0.15) is 12.8 Å². The molecule has 1 aliphatic heterocycles. The zero-order valence-electron chi connectivity index (χ0n) is 19.2. The van der Waals surface area contributed by atoms with Crippen LogP contribution in [0.4, 0.5) is 16.3 Å². The number of rotatable bonds is 5. The second kappa shape index (κ2) is 9.38. The van der Waals surface area contributed by atoms with E-state index in [1.54, 1.807) is 13.3 Å². The fraction of sp³-hybridized carbons (Fsp3) is 0.280. The third kappa shape index (κ3) is 4.24. The molecule has 4 aromatic rings. The van der Waals surface area contributed by atoms with E-state index in [-0.39, 0.29) is 12.1 Å². The molecule has 0 spiro atoms. The lowest BCUT2D eigenvalue weighted by Gasteiger charge is -2.33. The lowest BCUT2D eigenvalue weighted by molar-refractivity contribution is 0.246. The second-order valence-corrected chi connectivity index (χ2v) is 8.32. The Labute approximate surface area is 197 Å². The SMILES string of the molecule is COc1ccccc1NC(=O)NC1CCN(c2nnc(-c3ccnn3C)c3ccccc23)CC1. The number of hydrogen-bond donors (Lipinski definition) is 2. The molecule has 0 bridgehead atoms. The van der Waals surface area contributed by atoms with Gasteiger partial charge in [0.2, 0.25) is 0 Å². The number of nitrogens with one attached hydrogen (secondary N) is 2. The van der Waals surface area contributed by atoms with Crippen LogP contribution in [0.5, 0.6) is 5.75 Å². The molecule has 9 nitrogen and oxygen atoms in total. The van der Waals surface area contributed by atoms with Crippen LogP contribution in [0.2, 0.25) is 0 Å². The Balaban J connectivity index is 1.27. The Bertz CT molecular complexity index is 1310. The lowest BCUT2D eigenvalue weighted by Crippen LogP contribution is -2.46. The van der Waals surface area contributed by atoms with Crippen molar-refractivity contribution in [3.05, 3.63) is 60.8 Å². The maximum Gasteiger partial charge on any atom is 0.319 e. The van der Waals surface area contributed by atoms with Gasteiger partial charge in [-0.25, -0.2) is 4.79 Å². The van der Waals surface area contributed by atoms with E-state index in [0.717, 1.165) is 53.9 Å². The Morgan fingerprint density at radius 2 is 1.74 bits per heavy atom. The summed E-state index contributed by atoms with van der Waals surface area (Å²) in [5.74, 6) is 1.51. The highest BCUT2D eigenvalue weighted by Gasteiger charge is 2.24. The van der Waals surface area contributed by atoms with Gasteiger partial charge in [0.1, 0.15) is 11.4 Å². The fourth-order valence-electron chi connectivity index (χ4n) is 4.45. The smallest absolute Gasteiger partial charge is 0.319 e. The number of aromatic nitrogens is 4. The largest absolute Gasteiger partial charge is 0.495 e. The number of hydrogen-bond acceptors (Lipinski definition) is 6. The molecule has 1 fully saturated rings. The van der Waals surface area contributed by atoms with Gasteiger partial charge >= 0.3 is 6.03 Å². The summed E-state index contributed by atoms with van der Waals surface area (Å²) in [5, 5.41) is 21.5. The van der Waals surface area contributed by atoms with Gasteiger partial charge in [-0.05, 0) is 31.0 Å². The maximum atomic E-state index is 12.5. The predicted octanol–water partition coefficient (Wildman–Crippen LogP) is 3.83. The third-order valence-electron chi connectivity index (χ3n) is 6.22. The van der Waals surface area contributed by atoms with Crippen LogP contribution in [0.3, 0.4) is 0 Å². The van der Waals surface area contributed by atoms with E-state index in [0.29, 0.717) is 11.4 Å². The van der Waals surface area contributed by atoms with Crippen LogP contribution in [-0.2, 0) is 7.05 Å². The van der Waals surface area contributed by atoms with E-state index in [1.807, 2.05) is 54.2 Å². The van der Waals surface area contributed by atoms with Crippen LogP contribution >= 0.6 is 0 Å². The quantitative estimate of drug-likeness (QED) is 0.473. The highest BCUT2D eigenvalue weighted by atomic mass is 16.5. The standard InChI is InChI=1S/C25H27N7O2/c1-31-21(11-14-26-31)23-18-7-3-4-8-19(18)24(30-29-23)32-15-12-17(13-16-32)27-25(33)28-20-9-5-6-10-22(20)34-2/h3-11,14,17H,12-13,15-16H2,1-2H3,(H2,27,28,33). The number of fused-ring (bicyclic) bond motifs is 1. The topological polar surface area (TPSA) is 97.2 Å². The average Bonchev–Trinajstić information content (AvgIpc) is 3.29. The molecule has 0 aliphatic carbocycles. The van der Waals surface area contributed by atoms with E-state index in [4.69, 9.17) is 4.74 Å². The average molecular weight is 458 g/mol. The summed E-state index contributed by atoms with van der Waals surface area (Å²) in [5.41, 5.74) is 2.40. The zero-order chi connectivity index (χ0) is 23.5. The molecule has 2 amide bonds. The van der Waals surface area contributed by atoms with Crippen molar-refractivity contribution >= 4 is 28.3 Å².